The van der Waals surface area contributed by atoms with Gasteiger partial charge in [0.25, 0.3) is 5.91 Å². The van der Waals surface area contributed by atoms with E-state index in [9.17, 15) is 4.79 Å². The number of nitrogens with one attached hydrogen (secondary N) is 1. The van der Waals surface area contributed by atoms with E-state index in [1.54, 1.807) is 12.4 Å². The second kappa shape index (κ2) is 8.02. The average molecular weight is 324 g/mol. The molecule has 126 valence electrons. The van der Waals surface area contributed by atoms with Gasteiger partial charge in [-0.2, -0.15) is 0 Å². The van der Waals surface area contributed by atoms with E-state index in [0.717, 1.165) is 17.9 Å². The van der Waals surface area contributed by atoms with Crippen molar-refractivity contribution in [3.05, 3.63) is 59.2 Å². The first-order valence-corrected chi connectivity index (χ1v) is 8.58. The molecule has 5 nitrogen and oxygen atoms in total. The highest BCUT2D eigenvalue weighted by Gasteiger charge is 2.11. The van der Waals surface area contributed by atoms with Gasteiger partial charge in [0.05, 0.1) is 24.1 Å². The minimum atomic E-state index is -0.0816. The molecule has 1 fully saturated rings. The number of nitrogens with zero attached hydrogens (tertiary/aromatic N) is 3. The summed E-state index contributed by atoms with van der Waals surface area (Å²) in [5.74, 6) is -0.0816. The van der Waals surface area contributed by atoms with Crippen LogP contribution in [0.15, 0.2) is 36.7 Å². The molecule has 1 aromatic carbocycles. The number of rotatable bonds is 5. The minimum Gasteiger partial charge on any atom is -0.346 e. The Kier molecular flexibility index (Phi) is 5.54. The number of aryl methyl sites for hydroxylation is 1. The van der Waals surface area contributed by atoms with Gasteiger partial charge in [0.2, 0.25) is 0 Å². The quantitative estimate of drug-likeness (QED) is 0.919. The van der Waals surface area contributed by atoms with Crippen molar-refractivity contribution in [3.63, 3.8) is 0 Å². The first kappa shape index (κ1) is 16.6. The molecular weight excluding hydrogens is 300 g/mol. The number of carbonyl (C=O) groups excluding carboxylic acids is 1. The second-order valence-electron chi connectivity index (χ2n) is 6.37. The lowest BCUT2D eigenvalue weighted by Gasteiger charge is -2.26. The van der Waals surface area contributed by atoms with Gasteiger partial charge >= 0.3 is 0 Å². The van der Waals surface area contributed by atoms with Crippen molar-refractivity contribution in [1.29, 1.82) is 0 Å². The van der Waals surface area contributed by atoms with Crippen molar-refractivity contribution in [2.24, 2.45) is 0 Å². The standard InChI is InChI=1S/C19H24N4O/c1-15-11-21-18(12-20-15)13-22-19(24)17-7-5-16(6-8-17)14-23-9-3-2-4-10-23/h5-8,11-12H,2-4,9-10,13-14H2,1H3,(H,22,24). The topological polar surface area (TPSA) is 58.1 Å². The number of piperidine rings is 1. The van der Waals surface area contributed by atoms with E-state index >= 15 is 0 Å². The second-order valence-corrected chi connectivity index (χ2v) is 6.37. The molecule has 1 N–H and O–H groups in total. The Hall–Kier alpha value is -2.27. The molecule has 0 bridgehead atoms. The zero-order valence-electron chi connectivity index (χ0n) is 14.2. The fraction of sp³-hybridized carbons (Fsp3) is 0.421. The maximum atomic E-state index is 12.2. The number of aromatic nitrogens is 2. The number of likely N-dealkylation sites (tertiary alicyclic amines) is 1. The van der Waals surface area contributed by atoms with Crippen LogP contribution in [0.5, 0.6) is 0 Å². The highest BCUT2D eigenvalue weighted by molar-refractivity contribution is 5.94. The van der Waals surface area contributed by atoms with E-state index in [1.807, 2.05) is 19.1 Å². The first-order valence-electron chi connectivity index (χ1n) is 8.58. The van der Waals surface area contributed by atoms with E-state index in [2.05, 4.69) is 32.3 Å². The van der Waals surface area contributed by atoms with Gasteiger partial charge in [0, 0.05) is 18.3 Å². The van der Waals surface area contributed by atoms with Crippen molar-refractivity contribution in [1.82, 2.24) is 20.2 Å². The lowest BCUT2D eigenvalue weighted by Crippen LogP contribution is -2.29. The minimum absolute atomic E-state index is 0.0816. The largest absolute Gasteiger partial charge is 0.346 e. The summed E-state index contributed by atoms with van der Waals surface area (Å²) in [6.45, 7) is 5.61. The SMILES string of the molecule is Cc1cnc(CNC(=O)c2ccc(CN3CCCCC3)cc2)cn1. The van der Waals surface area contributed by atoms with Gasteiger partial charge in [-0.1, -0.05) is 18.6 Å². The molecule has 2 aromatic rings. The summed E-state index contributed by atoms with van der Waals surface area (Å²) in [6, 6.07) is 7.90. The molecule has 1 aliphatic heterocycles. The Balaban J connectivity index is 1.52. The number of benzene rings is 1. The first-order chi connectivity index (χ1) is 11.7. The summed E-state index contributed by atoms with van der Waals surface area (Å²) in [5.41, 5.74) is 3.57. The van der Waals surface area contributed by atoms with Crippen LogP contribution in [0.1, 0.15) is 46.6 Å². The zero-order chi connectivity index (χ0) is 16.8. The smallest absolute Gasteiger partial charge is 0.251 e. The van der Waals surface area contributed by atoms with Crippen LogP contribution in [-0.4, -0.2) is 33.9 Å². The van der Waals surface area contributed by atoms with Gasteiger partial charge in [0.15, 0.2) is 0 Å². The Bertz CT molecular complexity index is 661. The summed E-state index contributed by atoms with van der Waals surface area (Å²) in [4.78, 5) is 23.1. The van der Waals surface area contributed by atoms with Crippen LogP contribution >= 0.6 is 0 Å². The molecule has 0 spiro atoms. The van der Waals surface area contributed by atoms with E-state index in [1.165, 1.54) is 37.9 Å². The third-order valence-corrected chi connectivity index (χ3v) is 4.34. The number of hydrogen-bond acceptors (Lipinski definition) is 4. The number of carbonyl (C=O) groups is 1. The lowest BCUT2D eigenvalue weighted by molar-refractivity contribution is 0.0950. The average Bonchev–Trinajstić information content (AvgIpc) is 2.62. The van der Waals surface area contributed by atoms with E-state index < -0.39 is 0 Å². The van der Waals surface area contributed by atoms with Gasteiger partial charge in [-0.3, -0.25) is 19.7 Å². The van der Waals surface area contributed by atoms with Gasteiger partial charge in [0.1, 0.15) is 0 Å². The maximum Gasteiger partial charge on any atom is 0.251 e. The van der Waals surface area contributed by atoms with E-state index in [0.29, 0.717) is 12.1 Å². The summed E-state index contributed by atoms with van der Waals surface area (Å²) < 4.78 is 0. The van der Waals surface area contributed by atoms with Crippen LogP contribution in [0.3, 0.4) is 0 Å². The molecule has 5 heteroatoms. The summed E-state index contributed by atoms with van der Waals surface area (Å²) in [6.07, 6.45) is 7.33. The lowest BCUT2D eigenvalue weighted by atomic mass is 10.1. The fourth-order valence-electron chi connectivity index (χ4n) is 2.92. The molecule has 2 heterocycles. The van der Waals surface area contributed by atoms with Gasteiger partial charge in [-0.25, -0.2) is 0 Å². The Morgan fingerprint density at radius 1 is 1.08 bits per heavy atom. The van der Waals surface area contributed by atoms with Gasteiger partial charge in [-0.15, -0.1) is 0 Å². The molecule has 1 aromatic heterocycles. The van der Waals surface area contributed by atoms with Crippen LogP contribution in [0, 0.1) is 6.92 Å². The molecular formula is C19H24N4O. The van der Waals surface area contributed by atoms with E-state index in [-0.39, 0.29) is 5.91 Å². The van der Waals surface area contributed by atoms with E-state index in [4.69, 9.17) is 0 Å². The molecule has 0 saturated carbocycles. The van der Waals surface area contributed by atoms with Crippen LogP contribution in [-0.2, 0) is 13.1 Å². The highest BCUT2D eigenvalue weighted by atomic mass is 16.1. The fourth-order valence-corrected chi connectivity index (χ4v) is 2.92. The summed E-state index contributed by atoms with van der Waals surface area (Å²) in [7, 11) is 0. The van der Waals surface area contributed by atoms with Crippen molar-refractivity contribution >= 4 is 5.91 Å². The third kappa shape index (κ3) is 4.61. The maximum absolute atomic E-state index is 12.2. The van der Waals surface area contributed by atoms with Crippen LogP contribution < -0.4 is 5.32 Å². The monoisotopic (exact) mass is 324 g/mol. The molecule has 0 aliphatic carbocycles. The molecule has 1 saturated heterocycles. The van der Waals surface area contributed by atoms with Gasteiger partial charge in [-0.05, 0) is 50.6 Å². The van der Waals surface area contributed by atoms with Crippen molar-refractivity contribution in [2.75, 3.05) is 13.1 Å². The van der Waals surface area contributed by atoms with Crippen LogP contribution in [0.4, 0.5) is 0 Å². The number of amides is 1. The van der Waals surface area contributed by atoms with Crippen molar-refractivity contribution in [3.8, 4) is 0 Å². The number of hydrogen-bond donors (Lipinski definition) is 1. The van der Waals surface area contributed by atoms with Crippen LogP contribution in [0.2, 0.25) is 0 Å². The highest BCUT2D eigenvalue weighted by Crippen LogP contribution is 2.13. The Morgan fingerprint density at radius 3 is 2.50 bits per heavy atom. The molecule has 1 amide bonds. The normalized spacial score (nSPS) is 15.2. The predicted octanol–water partition coefficient (Wildman–Crippen LogP) is 2.70. The van der Waals surface area contributed by atoms with Crippen LogP contribution in [0.25, 0.3) is 0 Å². The molecule has 0 atom stereocenters. The molecule has 3 rings (SSSR count). The molecule has 0 radical (unpaired) electrons. The Labute approximate surface area is 143 Å². The third-order valence-electron chi connectivity index (χ3n) is 4.34. The molecule has 0 unspecified atom stereocenters. The summed E-state index contributed by atoms with van der Waals surface area (Å²) >= 11 is 0. The predicted molar refractivity (Wildman–Crippen MR) is 93.5 cm³/mol. The van der Waals surface area contributed by atoms with Crippen molar-refractivity contribution in [2.45, 2.75) is 39.3 Å². The van der Waals surface area contributed by atoms with Gasteiger partial charge < -0.3 is 5.32 Å². The zero-order valence-corrected chi connectivity index (χ0v) is 14.2. The molecule has 1 aliphatic rings. The summed E-state index contributed by atoms with van der Waals surface area (Å²) in [5, 5.41) is 2.88. The Morgan fingerprint density at radius 2 is 1.83 bits per heavy atom. The molecule has 24 heavy (non-hydrogen) atoms. The van der Waals surface area contributed by atoms with Crippen molar-refractivity contribution < 1.29 is 4.79 Å².